The second-order valence-corrected chi connectivity index (χ2v) is 5.05. The Morgan fingerprint density at radius 3 is 2.73 bits per heavy atom. The highest BCUT2D eigenvalue weighted by atomic mass is 14.1. The molecule has 0 nitrogen and oxygen atoms in total. The molecule has 0 saturated heterocycles. The van der Waals surface area contributed by atoms with Crippen LogP contribution < -0.4 is 0 Å². The summed E-state index contributed by atoms with van der Waals surface area (Å²) in [5, 5.41) is 0. The topological polar surface area (TPSA) is 0 Å². The van der Waals surface area contributed by atoms with Gasteiger partial charge in [0.05, 0.1) is 0 Å². The minimum Gasteiger partial charge on any atom is -0.0958 e. The van der Waals surface area contributed by atoms with Crippen molar-refractivity contribution < 1.29 is 0 Å². The second-order valence-electron chi connectivity index (χ2n) is 5.05. The quantitative estimate of drug-likeness (QED) is 0.533. The van der Waals surface area contributed by atoms with Crippen molar-refractivity contribution in [2.75, 3.05) is 0 Å². The van der Waals surface area contributed by atoms with E-state index < -0.39 is 0 Å². The Bertz CT molecular complexity index is 266. The van der Waals surface area contributed by atoms with Gasteiger partial charge in [0.15, 0.2) is 0 Å². The number of hydrogen-bond acceptors (Lipinski definition) is 0. The molecular formula is C15H24. The highest BCUT2D eigenvalue weighted by molar-refractivity contribution is 5.18. The monoisotopic (exact) mass is 204 g/mol. The third-order valence-electron chi connectivity index (χ3n) is 3.27. The van der Waals surface area contributed by atoms with E-state index in [0.29, 0.717) is 5.92 Å². The molecule has 0 aromatic carbocycles. The van der Waals surface area contributed by atoms with Crippen molar-refractivity contribution in [3.05, 3.63) is 36.0 Å². The highest BCUT2D eigenvalue weighted by Gasteiger charge is 2.09. The summed E-state index contributed by atoms with van der Waals surface area (Å²) in [5.74, 6) is 1.45. The first kappa shape index (κ1) is 12.3. The van der Waals surface area contributed by atoms with E-state index in [2.05, 4.69) is 45.6 Å². The first-order valence-corrected chi connectivity index (χ1v) is 6.11. The predicted octanol–water partition coefficient (Wildman–Crippen LogP) is 4.89. The molecule has 0 heteroatoms. The number of hydrogen-bond donors (Lipinski definition) is 0. The molecule has 0 heterocycles. The molecule has 0 unspecified atom stereocenters. The highest BCUT2D eigenvalue weighted by Crippen LogP contribution is 2.23. The van der Waals surface area contributed by atoms with E-state index in [9.17, 15) is 0 Å². The van der Waals surface area contributed by atoms with Crippen LogP contribution in [0.15, 0.2) is 36.0 Å². The molecule has 0 bridgehead atoms. The zero-order valence-electron chi connectivity index (χ0n) is 10.4. The third kappa shape index (κ3) is 4.51. The van der Waals surface area contributed by atoms with Crippen molar-refractivity contribution in [2.24, 2.45) is 11.8 Å². The maximum atomic E-state index is 4.10. The van der Waals surface area contributed by atoms with E-state index in [4.69, 9.17) is 0 Å². The van der Waals surface area contributed by atoms with Gasteiger partial charge in [0.2, 0.25) is 0 Å². The Labute approximate surface area is 94.8 Å². The molecule has 1 atom stereocenters. The summed E-state index contributed by atoms with van der Waals surface area (Å²) < 4.78 is 0. The van der Waals surface area contributed by atoms with Gasteiger partial charge in [0.25, 0.3) is 0 Å². The summed E-state index contributed by atoms with van der Waals surface area (Å²) in [7, 11) is 0. The van der Waals surface area contributed by atoms with Gasteiger partial charge < -0.3 is 0 Å². The van der Waals surface area contributed by atoms with Crippen molar-refractivity contribution in [3.63, 3.8) is 0 Å². The molecule has 1 aliphatic rings. The van der Waals surface area contributed by atoms with Gasteiger partial charge in [-0.2, -0.15) is 0 Å². The van der Waals surface area contributed by atoms with E-state index in [0.717, 1.165) is 12.3 Å². The lowest BCUT2D eigenvalue weighted by Gasteiger charge is -2.17. The molecular weight excluding hydrogens is 180 g/mol. The summed E-state index contributed by atoms with van der Waals surface area (Å²) in [6.07, 6.45) is 11.8. The van der Waals surface area contributed by atoms with Gasteiger partial charge in [-0.1, -0.05) is 49.8 Å². The molecule has 15 heavy (non-hydrogen) atoms. The molecule has 84 valence electrons. The summed E-state index contributed by atoms with van der Waals surface area (Å²) in [4.78, 5) is 0. The van der Waals surface area contributed by atoms with Crippen LogP contribution in [0.1, 0.15) is 46.5 Å². The Hall–Kier alpha value is -0.780. The van der Waals surface area contributed by atoms with Gasteiger partial charge in [-0.3, -0.25) is 0 Å². The second kappa shape index (κ2) is 5.95. The molecule has 0 aromatic rings. The Kier molecular flexibility index (Phi) is 4.87. The zero-order chi connectivity index (χ0) is 11.3. The van der Waals surface area contributed by atoms with Crippen LogP contribution in [0.4, 0.5) is 0 Å². The maximum Gasteiger partial charge on any atom is -0.0204 e. The van der Waals surface area contributed by atoms with E-state index in [1.165, 1.54) is 30.4 Å². The molecule has 0 saturated carbocycles. The molecule has 0 radical (unpaired) electrons. The van der Waals surface area contributed by atoms with Crippen molar-refractivity contribution in [1.29, 1.82) is 0 Å². The SMILES string of the molecule is C=C1/C=C/[C@H](C(C)C)CC/C=C(\C)CC1. The standard InChI is InChI=1S/C15H24/c1-12(2)15-7-5-6-13(3)8-9-14(4)10-11-15/h6,10-12,15H,4-5,7-9H2,1-3H3/b11-10+,13-6+/t15-/m1/s1. The van der Waals surface area contributed by atoms with Crippen LogP contribution in [0.3, 0.4) is 0 Å². The minimum absolute atomic E-state index is 0.712. The summed E-state index contributed by atoms with van der Waals surface area (Å²) in [6.45, 7) is 11.0. The van der Waals surface area contributed by atoms with E-state index in [1.807, 2.05) is 0 Å². The van der Waals surface area contributed by atoms with Crippen molar-refractivity contribution in [2.45, 2.75) is 46.5 Å². The summed E-state index contributed by atoms with van der Waals surface area (Å²) in [6, 6.07) is 0. The Balaban J connectivity index is 2.69. The van der Waals surface area contributed by atoms with Gasteiger partial charge >= 0.3 is 0 Å². The first-order chi connectivity index (χ1) is 7.09. The molecule has 1 rings (SSSR count). The van der Waals surface area contributed by atoms with Crippen LogP contribution in [0.25, 0.3) is 0 Å². The van der Waals surface area contributed by atoms with Crippen LogP contribution >= 0.6 is 0 Å². The van der Waals surface area contributed by atoms with E-state index in [-0.39, 0.29) is 0 Å². The fourth-order valence-electron chi connectivity index (χ4n) is 1.98. The lowest BCUT2D eigenvalue weighted by atomic mass is 9.88. The predicted molar refractivity (Wildman–Crippen MR) is 68.8 cm³/mol. The third-order valence-corrected chi connectivity index (χ3v) is 3.27. The fraction of sp³-hybridized carbons (Fsp3) is 0.600. The molecule has 0 fully saturated rings. The molecule has 0 amide bonds. The summed E-state index contributed by atoms with van der Waals surface area (Å²) >= 11 is 0. The molecule has 0 spiro atoms. The number of allylic oxidation sites excluding steroid dienone is 5. The van der Waals surface area contributed by atoms with Gasteiger partial charge in [0.1, 0.15) is 0 Å². The van der Waals surface area contributed by atoms with Crippen molar-refractivity contribution in [3.8, 4) is 0 Å². The Morgan fingerprint density at radius 2 is 2.07 bits per heavy atom. The van der Waals surface area contributed by atoms with Crippen LogP contribution in [0, 0.1) is 11.8 Å². The van der Waals surface area contributed by atoms with Crippen molar-refractivity contribution >= 4 is 0 Å². The average molecular weight is 204 g/mol. The zero-order valence-corrected chi connectivity index (χ0v) is 10.4. The molecule has 0 aliphatic heterocycles. The summed E-state index contributed by atoms with van der Waals surface area (Å²) in [5.41, 5.74) is 2.80. The van der Waals surface area contributed by atoms with Crippen molar-refractivity contribution in [1.82, 2.24) is 0 Å². The Morgan fingerprint density at radius 1 is 1.33 bits per heavy atom. The largest absolute Gasteiger partial charge is 0.0958 e. The van der Waals surface area contributed by atoms with Crippen LogP contribution in [0.5, 0.6) is 0 Å². The molecule has 0 aromatic heterocycles. The van der Waals surface area contributed by atoms with E-state index in [1.54, 1.807) is 0 Å². The van der Waals surface area contributed by atoms with Crippen LogP contribution in [0.2, 0.25) is 0 Å². The van der Waals surface area contributed by atoms with E-state index >= 15 is 0 Å². The molecule has 0 N–H and O–H groups in total. The van der Waals surface area contributed by atoms with Gasteiger partial charge in [0, 0.05) is 0 Å². The van der Waals surface area contributed by atoms with Crippen LogP contribution in [-0.2, 0) is 0 Å². The lowest BCUT2D eigenvalue weighted by Crippen LogP contribution is -2.05. The normalized spacial score (nSPS) is 29.7. The number of rotatable bonds is 1. The van der Waals surface area contributed by atoms with Gasteiger partial charge in [-0.15, -0.1) is 0 Å². The lowest BCUT2D eigenvalue weighted by molar-refractivity contribution is 0.438. The fourth-order valence-corrected chi connectivity index (χ4v) is 1.98. The molecule has 1 aliphatic carbocycles. The smallest absolute Gasteiger partial charge is 0.0204 e. The van der Waals surface area contributed by atoms with Gasteiger partial charge in [-0.05, 0) is 44.4 Å². The first-order valence-electron chi connectivity index (χ1n) is 6.11. The maximum absolute atomic E-state index is 4.10. The van der Waals surface area contributed by atoms with Gasteiger partial charge in [-0.25, -0.2) is 0 Å². The average Bonchev–Trinajstić information content (AvgIpc) is 2.19. The minimum atomic E-state index is 0.712. The van der Waals surface area contributed by atoms with Crippen LogP contribution in [-0.4, -0.2) is 0 Å².